The van der Waals surface area contributed by atoms with Crippen molar-refractivity contribution in [1.29, 1.82) is 0 Å². The van der Waals surface area contributed by atoms with Gasteiger partial charge in [-0.25, -0.2) is 9.37 Å². The van der Waals surface area contributed by atoms with Crippen molar-refractivity contribution in [2.75, 3.05) is 6.61 Å². The molecule has 1 heterocycles. The van der Waals surface area contributed by atoms with Crippen LogP contribution in [-0.4, -0.2) is 24.2 Å². The van der Waals surface area contributed by atoms with Crippen LogP contribution in [0.25, 0.3) is 22.5 Å². The molecule has 3 aromatic rings. The normalized spacial score (nSPS) is 12.0. The number of benzene rings is 2. The average molecular weight is 490 g/mol. The largest absolute Gasteiger partial charge is 0.361 e. The van der Waals surface area contributed by atoms with Gasteiger partial charge < -0.3 is 9.30 Å². The molecule has 0 saturated carbocycles. The summed E-state index contributed by atoms with van der Waals surface area (Å²) >= 11 is 3.57. The van der Waals surface area contributed by atoms with E-state index in [4.69, 9.17) is 9.72 Å². The van der Waals surface area contributed by atoms with Gasteiger partial charge in [0.15, 0.2) is 0 Å². The lowest BCUT2D eigenvalue weighted by atomic mass is 10.0. The lowest BCUT2D eigenvalue weighted by Crippen LogP contribution is -2.22. The molecule has 3 rings (SSSR count). The molecule has 0 amide bonds. The van der Waals surface area contributed by atoms with Crippen LogP contribution in [-0.2, 0) is 11.5 Å². The number of hydrogen-bond donors (Lipinski definition) is 0. The summed E-state index contributed by atoms with van der Waals surface area (Å²) in [5, 5.41) is 0. The highest BCUT2D eigenvalue weighted by Crippen LogP contribution is 2.36. The highest BCUT2D eigenvalue weighted by atomic mass is 79.9. The van der Waals surface area contributed by atoms with Gasteiger partial charge in [-0.05, 0) is 42.4 Å². The van der Waals surface area contributed by atoms with Crippen LogP contribution in [0.2, 0.25) is 25.7 Å². The lowest BCUT2D eigenvalue weighted by molar-refractivity contribution is 0.0857. The van der Waals surface area contributed by atoms with Gasteiger partial charge in [-0.3, -0.25) is 0 Å². The maximum atomic E-state index is 13.6. The average Bonchev–Trinajstić information content (AvgIpc) is 3.05. The van der Waals surface area contributed by atoms with Gasteiger partial charge in [0, 0.05) is 36.2 Å². The Morgan fingerprint density at radius 3 is 2.37 bits per heavy atom. The van der Waals surface area contributed by atoms with E-state index in [0.717, 1.165) is 45.5 Å². The fourth-order valence-corrected chi connectivity index (χ4v) is 4.47. The third-order valence-corrected chi connectivity index (χ3v) is 7.14. The molecule has 30 heavy (non-hydrogen) atoms. The van der Waals surface area contributed by atoms with E-state index in [2.05, 4.69) is 66.1 Å². The Balaban J connectivity index is 2.09. The van der Waals surface area contributed by atoms with Crippen molar-refractivity contribution in [2.24, 2.45) is 0 Å². The molecular weight excluding hydrogens is 459 g/mol. The third-order valence-electron chi connectivity index (χ3n) is 4.95. The Morgan fingerprint density at radius 1 is 1.07 bits per heavy atom. The van der Waals surface area contributed by atoms with Crippen LogP contribution in [0, 0.1) is 5.82 Å². The molecule has 0 N–H and O–H groups in total. The van der Waals surface area contributed by atoms with Gasteiger partial charge in [0.2, 0.25) is 0 Å². The second kappa shape index (κ2) is 9.58. The number of hydrogen-bond acceptors (Lipinski definition) is 2. The van der Waals surface area contributed by atoms with E-state index in [9.17, 15) is 4.39 Å². The van der Waals surface area contributed by atoms with Gasteiger partial charge in [0.1, 0.15) is 18.4 Å². The van der Waals surface area contributed by atoms with Crippen LogP contribution >= 0.6 is 15.9 Å². The van der Waals surface area contributed by atoms with E-state index in [0.29, 0.717) is 6.73 Å². The maximum absolute atomic E-state index is 13.6. The zero-order valence-corrected chi connectivity index (χ0v) is 21.0. The molecular formula is C24H30BrFN2OSi. The first-order chi connectivity index (χ1) is 14.2. The Labute approximate surface area is 188 Å². The summed E-state index contributed by atoms with van der Waals surface area (Å²) in [6.07, 6.45) is 0. The first kappa shape index (κ1) is 22.9. The second-order valence-corrected chi connectivity index (χ2v) is 15.7. The molecule has 1 aromatic heterocycles. The number of halogens is 2. The van der Waals surface area contributed by atoms with E-state index >= 15 is 0 Å². The molecule has 2 aromatic carbocycles. The summed E-state index contributed by atoms with van der Waals surface area (Å²) in [6, 6.07) is 15.9. The molecule has 0 radical (unpaired) electrons. The molecule has 3 nitrogen and oxygen atoms in total. The summed E-state index contributed by atoms with van der Waals surface area (Å²) < 4.78 is 22.9. The molecule has 0 atom stereocenters. The van der Waals surface area contributed by atoms with Crippen molar-refractivity contribution in [1.82, 2.24) is 9.55 Å². The molecule has 0 fully saturated rings. The topological polar surface area (TPSA) is 27.1 Å². The Kier molecular flexibility index (Phi) is 7.32. The van der Waals surface area contributed by atoms with Gasteiger partial charge in [0.25, 0.3) is 0 Å². The van der Waals surface area contributed by atoms with E-state index in [-0.39, 0.29) is 11.7 Å². The van der Waals surface area contributed by atoms with E-state index < -0.39 is 8.07 Å². The van der Waals surface area contributed by atoms with Crippen LogP contribution in [0.3, 0.4) is 0 Å². The molecule has 0 aliphatic carbocycles. The Morgan fingerprint density at radius 2 is 1.77 bits per heavy atom. The number of rotatable bonds is 8. The molecule has 160 valence electrons. The molecule has 0 spiro atoms. The molecule has 6 heteroatoms. The van der Waals surface area contributed by atoms with Crippen LogP contribution in [0.5, 0.6) is 0 Å². The Bertz CT molecular complexity index is 993. The molecule has 0 unspecified atom stereocenters. The highest BCUT2D eigenvalue weighted by Gasteiger charge is 2.22. The summed E-state index contributed by atoms with van der Waals surface area (Å²) in [5.74, 6) is 0.951. The summed E-state index contributed by atoms with van der Waals surface area (Å²) in [4.78, 5) is 5.02. The molecule has 0 bridgehead atoms. The third kappa shape index (κ3) is 5.68. The summed E-state index contributed by atoms with van der Waals surface area (Å²) in [6.45, 7) is 12.5. The molecule has 0 aliphatic heterocycles. The van der Waals surface area contributed by atoms with Crippen molar-refractivity contribution in [3.05, 3.63) is 64.6 Å². The molecule has 0 aliphatic rings. The summed E-state index contributed by atoms with van der Waals surface area (Å²) in [7, 11) is -1.17. The van der Waals surface area contributed by atoms with E-state index in [1.165, 1.54) is 12.1 Å². The molecule has 0 saturated heterocycles. The van der Waals surface area contributed by atoms with Crippen LogP contribution in [0.15, 0.2) is 53.0 Å². The second-order valence-electron chi connectivity index (χ2n) is 9.12. The number of ether oxygens (including phenoxy) is 1. The minimum absolute atomic E-state index is 0.227. The number of nitrogens with zero attached hydrogens (tertiary/aromatic N) is 2. The van der Waals surface area contributed by atoms with Gasteiger partial charge in [-0.1, -0.05) is 61.6 Å². The summed E-state index contributed by atoms with van der Waals surface area (Å²) in [5.41, 5.74) is 3.80. The smallest absolute Gasteiger partial charge is 0.124 e. The van der Waals surface area contributed by atoms with Gasteiger partial charge >= 0.3 is 0 Å². The first-order valence-electron chi connectivity index (χ1n) is 10.4. The maximum Gasteiger partial charge on any atom is 0.124 e. The minimum Gasteiger partial charge on any atom is -0.361 e. The zero-order chi connectivity index (χ0) is 21.9. The number of imidazole rings is 1. The predicted molar refractivity (Wildman–Crippen MR) is 129 cm³/mol. The van der Waals surface area contributed by atoms with Gasteiger partial charge in [-0.2, -0.15) is 0 Å². The minimum atomic E-state index is -1.17. The fourth-order valence-electron chi connectivity index (χ4n) is 3.31. The highest BCUT2D eigenvalue weighted by molar-refractivity contribution is 9.10. The van der Waals surface area contributed by atoms with Crippen molar-refractivity contribution in [3.8, 4) is 22.5 Å². The van der Waals surface area contributed by atoms with Crippen molar-refractivity contribution in [2.45, 2.75) is 52.2 Å². The zero-order valence-electron chi connectivity index (χ0n) is 18.4. The van der Waals surface area contributed by atoms with E-state index in [1.807, 2.05) is 24.3 Å². The lowest BCUT2D eigenvalue weighted by Gasteiger charge is -2.18. The van der Waals surface area contributed by atoms with Gasteiger partial charge in [0.05, 0.1) is 11.4 Å². The van der Waals surface area contributed by atoms with E-state index in [1.54, 1.807) is 0 Å². The monoisotopic (exact) mass is 488 g/mol. The standard InChI is InChI=1S/C24H30BrFN2OSi/c1-17(2)24-27-22(19-7-6-8-20(25)15-19)23(18-9-11-21(26)12-10-18)28(24)16-29-13-14-30(3,4)5/h6-12,15,17H,13-14,16H2,1-5H3. The Hall–Kier alpha value is -1.76. The van der Waals surface area contributed by atoms with Crippen LogP contribution in [0.4, 0.5) is 4.39 Å². The predicted octanol–water partition coefficient (Wildman–Crippen LogP) is 7.55. The van der Waals surface area contributed by atoms with Gasteiger partial charge in [-0.15, -0.1) is 0 Å². The number of aromatic nitrogens is 2. The van der Waals surface area contributed by atoms with Crippen molar-refractivity contribution < 1.29 is 9.13 Å². The SMILES string of the molecule is CC(C)c1nc(-c2cccc(Br)c2)c(-c2ccc(F)cc2)n1COCC[Si](C)(C)C. The van der Waals surface area contributed by atoms with Crippen molar-refractivity contribution >= 4 is 24.0 Å². The van der Waals surface area contributed by atoms with Crippen LogP contribution in [0.1, 0.15) is 25.6 Å². The fraction of sp³-hybridized carbons (Fsp3) is 0.375. The van der Waals surface area contributed by atoms with Crippen molar-refractivity contribution in [3.63, 3.8) is 0 Å². The first-order valence-corrected chi connectivity index (χ1v) is 14.9. The quantitative estimate of drug-likeness (QED) is 0.241. The van der Waals surface area contributed by atoms with Crippen LogP contribution < -0.4 is 0 Å².